The molecule has 2 nitrogen and oxygen atoms in total. The Labute approximate surface area is 130 Å². The molecule has 0 N–H and O–H groups in total. The third kappa shape index (κ3) is 3.56. The third-order valence-electron chi connectivity index (χ3n) is 3.77. The van der Waals surface area contributed by atoms with E-state index in [2.05, 4.69) is 6.92 Å². The van der Waals surface area contributed by atoms with Gasteiger partial charge in [0.05, 0.1) is 0 Å². The molecule has 1 amide bonds. The summed E-state index contributed by atoms with van der Waals surface area (Å²) in [5.41, 5.74) is 0.703. The van der Waals surface area contributed by atoms with E-state index in [1.165, 1.54) is 6.42 Å². The van der Waals surface area contributed by atoms with Crippen LogP contribution in [-0.2, 0) is 4.79 Å². The molecule has 0 aromatic heterocycles. The number of likely N-dealkylation sites (tertiary alicyclic amines) is 1. The van der Waals surface area contributed by atoms with Crippen molar-refractivity contribution < 1.29 is 4.79 Å². The van der Waals surface area contributed by atoms with Crippen LogP contribution in [0.2, 0.25) is 10.0 Å². The van der Waals surface area contributed by atoms with Crippen molar-refractivity contribution in [2.24, 2.45) is 0 Å². The van der Waals surface area contributed by atoms with Gasteiger partial charge in [-0.3, -0.25) is 4.79 Å². The van der Waals surface area contributed by atoms with E-state index in [0.29, 0.717) is 21.7 Å². The van der Waals surface area contributed by atoms with Crippen LogP contribution in [0.3, 0.4) is 0 Å². The van der Waals surface area contributed by atoms with E-state index in [1.807, 2.05) is 4.90 Å². The molecule has 1 aliphatic rings. The van der Waals surface area contributed by atoms with Crippen molar-refractivity contribution in [2.45, 2.75) is 38.6 Å². The molecule has 0 radical (unpaired) electrons. The van der Waals surface area contributed by atoms with E-state index in [1.54, 1.807) is 30.4 Å². The van der Waals surface area contributed by atoms with Crippen LogP contribution >= 0.6 is 23.2 Å². The summed E-state index contributed by atoms with van der Waals surface area (Å²) < 4.78 is 0. The number of rotatable bonds is 3. The Hall–Kier alpha value is -0.990. The molecule has 1 heterocycles. The molecule has 108 valence electrons. The van der Waals surface area contributed by atoms with E-state index in [0.717, 1.165) is 25.8 Å². The molecule has 1 atom stereocenters. The smallest absolute Gasteiger partial charge is 0.246 e. The molecule has 1 saturated heterocycles. The monoisotopic (exact) mass is 311 g/mol. The van der Waals surface area contributed by atoms with Crippen LogP contribution in [0.15, 0.2) is 24.3 Å². The molecule has 20 heavy (non-hydrogen) atoms. The van der Waals surface area contributed by atoms with Crippen molar-refractivity contribution in [1.82, 2.24) is 4.90 Å². The molecule has 1 unspecified atom stereocenters. The summed E-state index contributed by atoms with van der Waals surface area (Å²) in [6.07, 6.45) is 7.70. The second kappa shape index (κ2) is 7.14. The Morgan fingerprint density at radius 1 is 1.35 bits per heavy atom. The van der Waals surface area contributed by atoms with Gasteiger partial charge >= 0.3 is 0 Å². The highest BCUT2D eigenvalue weighted by atomic mass is 35.5. The maximum atomic E-state index is 12.3. The highest BCUT2D eigenvalue weighted by Crippen LogP contribution is 2.26. The number of nitrogens with zero attached hydrogens (tertiary/aromatic N) is 1. The van der Waals surface area contributed by atoms with Gasteiger partial charge in [-0.1, -0.05) is 36.2 Å². The van der Waals surface area contributed by atoms with E-state index in [-0.39, 0.29) is 5.91 Å². The van der Waals surface area contributed by atoms with Gasteiger partial charge in [0.25, 0.3) is 0 Å². The zero-order chi connectivity index (χ0) is 14.5. The van der Waals surface area contributed by atoms with Gasteiger partial charge in [0.1, 0.15) is 0 Å². The second-order valence-electron chi connectivity index (χ2n) is 5.06. The van der Waals surface area contributed by atoms with E-state index >= 15 is 0 Å². The lowest BCUT2D eigenvalue weighted by Crippen LogP contribution is -2.42. The standard InChI is InChI=1S/C16H19Cl2NO/c1-2-12-6-3-4-11-19(12)16(20)10-9-13-14(17)7-5-8-15(13)18/h5,7-10,12H,2-4,6,11H2,1H3/b10-9+. The molecular weight excluding hydrogens is 293 g/mol. The Kier molecular flexibility index (Phi) is 5.50. The van der Waals surface area contributed by atoms with Gasteiger partial charge in [-0.25, -0.2) is 0 Å². The van der Waals surface area contributed by atoms with Crippen molar-refractivity contribution in [3.63, 3.8) is 0 Å². The minimum atomic E-state index is 0.0486. The summed E-state index contributed by atoms with van der Waals surface area (Å²) in [6.45, 7) is 2.98. The summed E-state index contributed by atoms with van der Waals surface area (Å²) in [7, 11) is 0. The van der Waals surface area contributed by atoms with E-state index in [9.17, 15) is 4.79 Å². The Balaban J connectivity index is 2.12. The molecule has 4 heteroatoms. The number of halogens is 2. The lowest BCUT2D eigenvalue weighted by atomic mass is 10.00. The Morgan fingerprint density at radius 2 is 2.05 bits per heavy atom. The van der Waals surface area contributed by atoms with Gasteiger partial charge in [-0.15, -0.1) is 0 Å². The first-order valence-electron chi connectivity index (χ1n) is 7.06. The van der Waals surface area contributed by atoms with Crippen LogP contribution < -0.4 is 0 Å². The molecule has 1 aromatic rings. The van der Waals surface area contributed by atoms with E-state index in [4.69, 9.17) is 23.2 Å². The van der Waals surface area contributed by atoms with E-state index < -0.39 is 0 Å². The van der Waals surface area contributed by atoms with Gasteiger partial charge in [-0.2, -0.15) is 0 Å². The normalized spacial score (nSPS) is 19.6. The number of piperidine rings is 1. The Morgan fingerprint density at radius 3 is 2.70 bits per heavy atom. The van der Waals surface area contributed by atoms with Crippen LogP contribution in [0.5, 0.6) is 0 Å². The lowest BCUT2D eigenvalue weighted by molar-refractivity contribution is -0.129. The highest BCUT2D eigenvalue weighted by molar-refractivity contribution is 6.37. The molecule has 2 rings (SSSR count). The number of carbonyl (C=O) groups is 1. The van der Waals surface area contributed by atoms with Gasteiger partial charge in [0.15, 0.2) is 0 Å². The maximum absolute atomic E-state index is 12.3. The molecule has 1 fully saturated rings. The third-order valence-corrected chi connectivity index (χ3v) is 4.43. The topological polar surface area (TPSA) is 20.3 Å². The first kappa shape index (κ1) is 15.4. The minimum Gasteiger partial charge on any atom is -0.336 e. The SMILES string of the molecule is CCC1CCCCN1C(=O)/C=C/c1c(Cl)cccc1Cl. The first-order valence-corrected chi connectivity index (χ1v) is 7.81. The fraction of sp³-hybridized carbons (Fsp3) is 0.438. The lowest BCUT2D eigenvalue weighted by Gasteiger charge is -2.34. The van der Waals surface area contributed by atoms with Crippen molar-refractivity contribution in [3.05, 3.63) is 39.9 Å². The molecule has 1 aromatic carbocycles. The maximum Gasteiger partial charge on any atom is 0.246 e. The molecular formula is C16H19Cl2NO. The van der Waals surface area contributed by atoms with Crippen LogP contribution in [0.4, 0.5) is 0 Å². The average molecular weight is 312 g/mol. The van der Waals surface area contributed by atoms with Crippen LogP contribution in [0.1, 0.15) is 38.2 Å². The first-order chi connectivity index (χ1) is 9.63. The second-order valence-corrected chi connectivity index (χ2v) is 5.87. The number of amides is 1. The fourth-order valence-electron chi connectivity index (χ4n) is 2.64. The summed E-state index contributed by atoms with van der Waals surface area (Å²) in [5, 5.41) is 1.12. The van der Waals surface area contributed by atoms with Crippen molar-refractivity contribution >= 4 is 35.2 Å². The van der Waals surface area contributed by atoms with Crippen LogP contribution in [0.25, 0.3) is 6.08 Å². The molecule has 0 spiro atoms. The zero-order valence-corrected chi connectivity index (χ0v) is 13.1. The quantitative estimate of drug-likeness (QED) is 0.734. The fourth-order valence-corrected chi connectivity index (χ4v) is 3.16. The predicted octanol–water partition coefficient (Wildman–Crippen LogP) is 4.80. The van der Waals surface area contributed by atoms with Gasteiger partial charge in [-0.05, 0) is 43.9 Å². The number of hydrogen-bond acceptors (Lipinski definition) is 1. The van der Waals surface area contributed by atoms with Gasteiger partial charge in [0.2, 0.25) is 5.91 Å². The zero-order valence-electron chi connectivity index (χ0n) is 11.6. The minimum absolute atomic E-state index is 0.0486. The average Bonchev–Trinajstić information content (AvgIpc) is 2.46. The molecule has 0 bridgehead atoms. The summed E-state index contributed by atoms with van der Waals surface area (Å²) in [6, 6.07) is 5.70. The van der Waals surface area contributed by atoms with Gasteiger partial charge < -0.3 is 4.90 Å². The predicted molar refractivity (Wildman–Crippen MR) is 85.1 cm³/mol. The summed E-state index contributed by atoms with van der Waals surface area (Å²) >= 11 is 12.2. The summed E-state index contributed by atoms with van der Waals surface area (Å²) in [5.74, 6) is 0.0486. The van der Waals surface area contributed by atoms with Crippen LogP contribution in [-0.4, -0.2) is 23.4 Å². The number of benzene rings is 1. The van der Waals surface area contributed by atoms with Crippen molar-refractivity contribution in [3.8, 4) is 0 Å². The van der Waals surface area contributed by atoms with Gasteiger partial charge in [0, 0.05) is 34.3 Å². The Bertz CT molecular complexity index is 493. The molecule has 0 saturated carbocycles. The van der Waals surface area contributed by atoms with Crippen LogP contribution in [0, 0.1) is 0 Å². The van der Waals surface area contributed by atoms with Crippen molar-refractivity contribution in [2.75, 3.05) is 6.54 Å². The number of hydrogen-bond donors (Lipinski definition) is 0. The largest absolute Gasteiger partial charge is 0.336 e. The van der Waals surface area contributed by atoms with Crippen molar-refractivity contribution in [1.29, 1.82) is 0 Å². The summed E-state index contributed by atoms with van der Waals surface area (Å²) in [4.78, 5) is 14.3. The number of carbonyl (C=O) groups excluding carboxylic acids is 1. The molecule has 0 aliphatic carbocycles. The highest BCUT2D eigenvalue weighted by Gasteiger charge is 2.23. The molecule has 1 aliphatic heterocycles.